The van der Waals surface area contributed by atoms with Gasteiger partial charge in [0.05, 0.1) is 29.9 Å². The Balaban J connectivity index is 2.10. The summed E-state index contributed by atoms with van der Waals surface area (Å²) in [7, 11) is 0. The molecular weight excluding hydrogens is 422 g/mol. The molecule has 1 unspecified atom stereocenters. The summed E-state index contributed by atoms with van der Waals surface area (Å²) < 4.78 is 16.8. The Kier molecular flexibility index (Phi) is 7.08. The number of amides is 1. The normalized spacial score (nSPS) is 18.3. The second kappa shape index (κ2) is 9.58. The van der Waals surface area contributed by atoms with Crippen molar-refractivity contribution < 1.29 is 28.6 Å². The Hall–Kier alpha value is -2.77. The van der Waals surface area contributed by atoms with Crippen molar-refractivity contribution in [2.75, 3.05) is 19.8 Å². The average molecular weight is 448 g/mol. The van der Waals surface area contributed by atoms with E-state index in [2.05, 4.69) is 0 Å². The van der Waals surface area contributed by atoms with Crippen LogP contribution in [0.1, 0.15) is 43.9 Å². The summed E-state index contributed by atoms with van der Waals surface area (Å²) in [5.41, 5.74) is 0.122. The maximum Gasteiger partial charge on any atom is 0.295 e. The number of carbonyl (C=O) groups is 2. The molecule has 1 N–H and O–H groups in total. The van der Waals surface area contributed by atoms with Gasteiger partial charge in [0, 0.05) is 12.1 Å². The van der Waals surface area contributed by atoms with Gasteiger partial charge >= 0.3 is 0 Å². The molecule has 2 heterocycles. The lowest BCUT2D eigenvalue weighted by molar-refractivity contribution is -0.140. The number of ether oxygens (including phenoxy) is 2. The first-order valence-corrected chi connectivity index (χ1v) is 10.5. The first-order chi connectivity index (χ1) is 14.7. The van der Waals surface area contributed by atoms with Crippen LogP contribution in [0.3, 0.4) is 0 Å². The summed E-state index contributed by atoms with van der Waals surface area (Å²) in [6.07, 6.45) is -0.0266. The molecule has 1 aliphatic heterocycles. The Labute approximate surface area is 186 Å². The zero-order valence-electron chi connectivity index (χ0n) is 18.0. The van der Waals surface area contributed by atoms with E-state index >= 15 is 0 Å². The molecule has 1 fully saturated rings. The number of hydrogen-bond donors (Lipinski definition) is 1. The van der Waals surface area contributed by atoms with E-state index in [-0.39, 0.29) is 41.2 Å². The Bertz CT molecular complexity index is 1010. The molecule has 31 heavy (non-hydrogen) atoms. The molecule has 1 saturated heterocycles. The molecule has 3 rings (SSSR count). The number of aryl methyl sites for hydroxylation is 1. The summed E-state index contributed by atoms with van der Waals surface area (Å²) in [4.78, 5) is 27.2. The predicted octanol–water partition coefficient (Wildman–Crippen LogP) is 4.49. The van der Waals surface area contributed by atoms with Gasteiger partial charge in [-0.1, -0.05) is 11.6 Å². The smallest absolute Gasteiger partial charge is 0.295 e. The lowest BCUT2D eigenvalue weighted by Crippen LogP contribution is -2.33. The molecule has 0 radical (unpaired) electrons. The first-order valence-electron chi connectivity index (χ1n) is 10.1. The van der Waals surface area contributed by atoms with Crippen LogP contribution in [-0.4, -0.2) is 47.6 Å². The van der Waals surface area contributed by atoms with Crippen molar-refractivity contribution in [3.63, 3.8) is 0 Å². The van der Waals surface area contributed by atoms with Crippen molar-refractivity contribution >= 4 is 29.1 Å². The van der Waals surface area contributed by atoms with Crippen LogP contribution in [-0.2, 0) is 14.3 Å². The SMILES string of the molecule is CCOc1ccc(Cl)c(/C(O)=C2\C(=O)C(=O)N(CCOC(C)C)C2c2ccc(C)o2)c1. The standard InChI is InChI=1S/C23H26ClNO6/c1-5-29-15-7-8-17(24)16(12-15)21(26)19-20(18-9-6-14(4)31-18)25(23(28)22(19)27)10-11-30-13(2)3/h6-9,12-13,20,26H,5,10-11H2,1-4H3/b21-19+. The second-order valence-corrected chi connectivity index (χ2v) is 7.84. The third kappa shape index (κ3) is 4.78. The van der Waals surface area contributed by atoms with Crippen molar-refractivity contribution in [2.45, 2.75) is 39.8 Å². The molecule has 7 nitrogen and oxygen atoms in total. The molecule has 1 amide bonds. The zero-order chi connectivity index (χ0) is 22.7. The third-order valence-electron chi connectivity index (χ3n) is 4.86. The van der Waals surface area contributed by atoms with E-state index in [1.54, 1.807) is 37.3 Å². The number of aliphatic hydroxyl groups excluding tert-OH is 1. The number of aliphatic hydroxyl groups is 1. The fourth-order valence-corrected chi connectivity index (χ4v) is 3.69. The highest BCUT2D eigenvalue weighted by Crippen LogP contribution is 2.41. The van der Waals surface area contributed by atoms with Crippen LogP contribution in [0.4, 0.5) is 0 Å². The van der Waals surface area contributed by atoms with Gasteiger partial charge in [0.1, 0.15) is 29.1 Å². The Morgan fingerprint density at radius 1 is 1.26 bits per heavy atom. The molecule has 0 saturated carbocycles. The van der Waals surface area contributed by atoms with Crippen LogP contribution in [0.5, 0.6) is 5.75 Å². The maximum absolute atomic E-state index is 13.0. The molecule has 8 heteroatoms. The predicted molar refractivity (Wildman–Crippen MR) is 116 cm³/mol. The molecule has 1 aromatic heterocycles. The van der Waals surface area contributed by atoms with E-state index in [9.17, 15) is 14.7 Å². The average Bonchev–Trinajstić information content (AvgIpc) is 3.25. The van der Waals surface area contributed by atoms with Crippen LogP contribution in [0.2, 0.25) is 5.02 Å². The van der Waals surface area contributed by atoms with Gasteiger partial charge < -0.3 is 23.9 Å². The molecule has 0 bridgehead atoms. The minimum absolute atomic E-state index is 0.0266. The highest BCUT2D eigenvalue weighted by molar-refractivity contribution is 6.46. The number of likely N-dealkylation sites (tertiary alicyclic amines) is 1. The van der Waals surface area contributed by atoms with Gasteiger partial charge in [-0.15, -0.1) is 0 Å². The molecular formula is C23H26ClNO6. The number of benzene rings is 1. The monoisotopic (exact) mass is 447 g/mol. The van der Waals surface area contributed by atoms with E-state index in [1.807, 2.05) is 20.8 Å². The summed E-state index contributed by atoms with van der Waals surface area (Å²) in [5.74, 6) is -0.436. The summed E-state index contributed by atoms with van der Waals surface area (Å²) >= 11 is 6.30. The van der Waals surface area contributed by atoms with Gasteiger partial charge in [0.25, 0.3) is 11.7 Å². The van der Waals surface area contributed by atoms with E-state index in [0.29, 0.717) is 23.9 Å². The van der Waals surface area contributed by atoms with E-state index in [0.717, 1.165) is 0 Å². The minimum atomic E-state index is -0.892. The summed E-state index contributed by atoms with van der Waals surface area (Å²) in [6.45, 7) is 8.19. The Morgan fingerprint density at radius 2 is 2.00 bits per heavy atom. The van der Waals surface area contributed by atoms with Gasteiger partial charge in [0.15, 0.2) is 0 Å². The number of carbonyl (C=O) groups excluding carboxylic acids is 2. The lowest BCUT2D eigenvalue weighted by Gasteiger charge is -2.23. The first kappa shape index (κ1) is 22.9. The lowest BCUT2D eigenvalue weighted by atomic mass is 9.99. The van der Waals surface area contributed by atoms with Crippen LogP contribution < -0.4 is 4.74 Å². The number of Topliss-reactive ketones (excluding diaryl/α,β-unsaturated/α-hetero) is 1. The highest BCUT2D eigenvalue weighted by atomic mass is 35.5. The van der Waals surface area contributed by atoms with Crippen LogP contribution in [0.15, 0.2) is 40.3 Å². The zero-order valence-corrected chi connectivity index (χ0v) is 18.7. The summed E-state index contributed by atoms with van der Waals surface area (Å²) in [6, 6.07) is 7.31. The number of nitrogens with zero attached hydrogens (tertiary/aromatic N) is 1. The molecule has 166 valence electrons. The van der Waals surface area contributed by atoms with Crippen molar-refractivity contribution in [3.05, 3.63) is 58.0 Å². The van der Waals surface area contributed by atoms with E-state index < -0.39 is 17.7 Å². The molecule has 0 spiro atoms. The van der Waals surface area contributed by atoms with Gasteiger partial charge in [-0.05, 0) is 58.0 Å². The van der Waals surface area contributed by atoms with E-state index in [1.165, 1.54) is 4.90 Å². The van der Waals surface area contributed by atoms with Gasteiger partial charge in [-0.25, -0.2) is 0 Å². The molecule has 2 aromatic rings. The fourth-order valence-electron chi connectivity index (χ4n) is 3.48. The van der Waals surface area contributed by atoms with Crippen LogP contribution >= 0.6 is 11.6 Å². The van der Waals surface area contributed by atoms with Crippen molar-refractivity contribution in [1.29, 1.82) is 0 Å². The van der Waals surface area contributed by atoms with Crippen molar-refractivity contribution in [1.82, 2.24) is 4.90 Å². The maximum atomic E-state index is 13.0. The van der Waals surface area contributed by atoms with Gasteiger partial charge in [0.2, 0.25) is 0 Å². The number of hydrogen-bond acceptors (Lipinski definition) is 6. The quantitative estimate of drug-likeness (QED) is 0.364. The molecule has 0 aliphatic carbocycles. The van der Waals surface area contributed by atoms with Crippen LogP contribution in [0.25, 0.3) is 5.76 Å². The molecule has 1 atom stereocenters. The Morgan fingerprint density at radius 3 is 2.61 bits per heavy atom. The number of ketones is 1. The third-order valence-corrected chi connectivity index (χ3v) is 5.19. The second-order valence-electron chi connectivity index (χ2n) is 7.44. The number of furan rings is 1. The van der Waals surface area contributed by atoms with Gasteiger partial charge in [-0.3, -0.25) is 9.59 Å². The molecule has 1 aromatic carbocycles. The van der Waals surface area contributed by atoms with Crippen molar-refractivity contribution in [3.8, 4) is 5.75 Å². The largest absolute Gasteiger partial charge is 0.507 e. The molecule has 1 aliphatic rings. The topological polar surface area (TPSA) is 89.2 Å². The fraction of sp³-hybridized carbons (Fsp3) is 0.391. The minimum Gasteiger partial charge on any atom is -0.507 e. The highest BCUT2D eigenvalue weighted by Gasteiger charge is 2.47. The number of halogens is 1. The van der Waals surface area contributed by atoms with Crippen LogP contribution in [0, 0.1) is 6.92 Å². The summed E-state index contributed by atoms with van der Waals surface area (Å²) in [5, 5.41) is 11.3. The van der Waals surface area contributed by atoms with Crippen molar-refractivity contribution in [2.24, 2.45) is 0 Å². The number of rotatable bonds is 8. The van der Waals surface area contributed by atoms with E-state index in [4.69, 9.17) is 25.5 Å². The van der Waals surface area contributed by atoms with Gasteiger partial charge in [-0.2, -0.15) is 0 Å².